The standard InChI is InChI=1S/C26H36N2O5S/c1-24(2,3)28(23(29)33-25(4,5)6)34(30,31)17-14-12-16(13-15-17)20-21(26(20,7)8)22-27-18-10-9-11-19(18)32-22/h12-15,20-21H,9-11H2,1-8H3/t20-,21+/m1/s1. The van der Waals surface area contributed by atoms with Crippen LogP contribution in [0.2, 0.25) is 0 Å². The van der Waals surface area contributed by atoms with E-state index in [-0.39, 0.29) is 22.1 Å². The Hall–Kier alpha value is -2.35. The molecule has 8 heteroatoms. The highest BCUT2D eigenvalue weighted by atomic mass is 32.2. The average molecular weight is 489 g/mol. The van der Waals surface area contributed by atoms with Gasteiger partial charge in [-0.3, -0.25) is 0 Å². The normalized spacial score (nSPS) is 21.8. The molecule has 1 saturated carbocycles. The molecule has 1 aromatic carbocycles. The summed E-state index contributed by atoms with van der Waals surface area (Å²) in [6, 6.07) is 6.83. The van der Waals surface area contributed by atoms with E-state index >= 15 is 0 Å². The molecule has 0 spiro atoms. The monoisotopic (exact) mass is 488 g/mol. The van der Waals surface area contributed by atoms with E-state index in [4.69, 9.17) is 14.1 Å². The Morgan fingerprint density at radius 3 is 2.21 bits per heavy atom. The fourth-order valence-electron chi connectivity index (χ4n) is 5.05. The Kier molecular flexibility index (Phi) is 5.71. The number of carbonyl (C=O) groups is 1. The molecule has 1 amide bonds. The summed E-state index contributed by atoms with van der Waals surface area (Å²) in [5.74, 6) is 2.16. The summed E-state index contributed by atoms with van der Waals surface area (Å²) in [5, 5.41) is 0. The molecule has 0 unspecified atom stereocenters. The summed E-state index contributed by atoms with van der Waals surface area (Å²) < 4.78 is 39.3. The molecule has 0 bridgehead atoms. The molecule has 2 aromatic rings. The van der Waals surface area contributed by atoms with Gasteiger partial charge in [0, 0.05) is 18.3 Å². The lowest BCUT2D eigenvalue weighted by Gasteiger charge is -2.35. The van der Waals surface area contributed by atoms with Crippen molar-refractivity contribution in [2.24, 2.45) is 5.41 Å². The van der Waals surface area contributed by atoms with Gasteiger partial charge < -0.3 is 9.15 Å². The molecule has 2 atom stereocenters. The molecule has 1 fully saturated rings. The van der Waals surface area contributed by atoms with Crippen molar-refractivity contribution in [2.45, 2.75) is 103 Å². The van der Waals surface area contributed by atoms with Crippen molar-refractivity contribution in [3.05, 3.63) is 47.2 Å². The topological polar surface area (TPSA) is 89.7 Å². The first-order valence-electron chi connectivity index (χ1n) is 11.9. The number of ether oxygens (including phenoxy) is 1. The second kappa shape index (κ2) is 7.83. The molecule has 34 heavy (non-hydrogen) atoms. The lowest BCUT2D eigenvalue weighted by atomic mass is 10.0. The van der Waals surface area contributed by atoms with Crippen LogP contribution >= 0.6 is 0 Å². The van der Waals surface area contributed by atoms with Crippen LogP contribution in [0.5, 0.6) is 0 Å². The van der Waals surface area contributed by atoms with Crippen LogP contribution in [0.1, 0.15) is 96.6 Å². The van der Waals surface area contributed by atoms with Gasteiger partial charge >= 0.3 is 6.09 Å². The van der Waals surface area contributed by atoms with E-state index in [9.17, 15) is 13.2 Å². The second-order valence-electron chi connectivity index (χ2n) is 12.0. The van der Waals surface area contributed by atoms with Crippen LogP contribution in [0.25, 0.3) is 0 Å². The maximum atomic E-state index is 13.5. The number of hydrogen-bond acceptors (Lipinski definition) is 6. The molecule has 0 radical (unpaired) electrons. The lowest BCUT2D eigenvalue weighted by Crippen LogP contribution is -2.51. The van der Waals surface area contributed by atoms with Crippen LogP contribution in [0.3, 0.4) is 0 Å². The SMILES string of the molecule is CC(C)(C)OC(=O)N(C(C)(C)C)S(=O)(=O)c1ccc([C@@H]2[C@@H](c3nc4c(o3)CCC4)C2(C)C)cc1. The number of sulfonamides is 1. The van der Waals surface area contributed by atoms with Crippen LogP contribution in [0.4, 0.5) is 4.79 Å². The zero-order valence-corrected chi connectivity index (χ0v) is 22.2. The van der Waals surface area contributed by atoms with Crippen molar-refractivity contribution in [3.8, 4) is 0 Å². The van der Waals surface area contributed by atoms with E-state index in [1.54, 1.807) is 53.7 Å². The Morgan fingerprint density at radius 1 is 1.06 bits per heavy atom. The Morgan fingerprint density at radius 2 is 1.68 bits per heavy atom. The first-order chi connectivity index (χ1) is 15.5. The Labute approximate surface area is 202 Å². The number of hydrogen-bond donors (Lipinski definition) is 0. The van der Waals surface area contributed by atoms with E-state index < -0.39 is 27.3 Å². The van der Waals surface area contributed by atoms with E-state index in [1.807, 2.05) is 12.1 Å². The van der Waals surface area contributed by atoms with Crippen molar-refractivity contribution >= 4 is 16.1 Å². The van der Waals surface area contributed by atoms with Gasteiger partial charge in [0.1, 0.15) is 11.4 Å². The highest BCUT2D eigenvalue weighted by molar-refractivity contribution is 7.89. The van der Waals surface area contributed by atoms with Crippen LogP contribution in [0, 0.1) is 5.41 Å². The molecule has 4 rings (SSSR count). The van der Waals surface area contributed by atoms with Crippen molar-refractivity contribution < 1.29 is 22.4 Å². The predicted octanol–water partition coefficient (Wildman–Crippen LogP) is 5.79. The van der Waals surface area contributed by atoms with E-state index in [0.29, 0.717) is 0 Å². The second-order valence-corrected chi connectivity index (χ2v) is 13.8. The summed E-state index contributed by atoms with van der Waals surface area (Å²) in [6.07, 6.45) is 2.15. The van der Waals surface area contributed by atoms with Crippen LogP contribution in [0.15, 0.2) is 33.6 Å². The molecule has 0 N–H and O–H groups in total. The van der Waals surface area contributed by atoms with Crippen LogP contribution < -0.4 is 0 Å². The van der Waals surface area contributed by atoms with Gasteiger partial charge in [0.05, 0.1) is 16.1 Å². The smallest absolute Gasteiger partial charge is 0.424 e. The number of aromatic nitrogens is 1. The molecule has 7 nitrogen and oxygen atoms in total. The summed E-state index contributed by atoms with van der Waals surface area (Å²) >= 11 is 0. The predicted molar refractivity (Wildman–Crippen MR) is 129 cm³/mol. The highest BCUT2D eigenvalue weighted by Gasteiger charge is 2.61. The number of amides is 1. The van der Waals surface area contributed by atoms with E-state index in [0.717, 1.165) is 46.5 Å². The highest BCUT2D eigenvalue weighted by Crippen LogP contribution is 2.69. The van der Waals surface area contributed by atoms with E-state index in [2.05, 4.69) is 13.8 Å². The number of aryl methyl sites for hydroxylation is 2. The van der Waals surface area contributed by atoms with Gasteiger partial charge in [-0.15, -0.1) is 0 Å². The largest absolute Gasteiger partial charge is 0.445 e. The summed E-state index contributed by atoms with van der Waals surface area (Å²) in [7, 11) is -4.12. The number of rotatable bonds is 4. The maximum Gasteiger partial charge on any atom is 0.424 e. The number of benzene rings is 1. The molecule has 2 aliphatic rings. The molecule has 0 aliphatic heterocycles. The Bertz CT molecular complexity index is 1180. The zero-order valence-electron chi connectivity index (χ0n) is 21.4. The molecule has 1 heterocycles. The van der Waals surface area contributed by atoms with Gasteiger partial charge in [-0.1, -0.05) is 26.0 Å². The number of nitrogens with zero attached hydrogens (tertiary/aromatic N) is 2. The molecule has 1 aromatic heterocycles. The molecule has 186 valence electrons. The van der Waals surface area contributed by atoms with Gasteiger partial charge in [0.25, 0.3) is 10.0 Å². The summed E-state index contributed by atoms with van der Waals surface area (Å²) in [5.41, 5.74) is 0.281. The van der Waals surface area contributed by atoms with Gasteiger partial charge in [0.15, 0.2) is 5.89 Å². The third-order valence-electron chi connectivity index (χ3n) is 6.65. The number of fused-ring (bicyclic) bond motifs is 1. The van der Waals surface area contributed by atoms with Crippen LogP contribution in [-0.2, 0) is 27.6 Å². The minimum Gasteiger partial charge on any atom is -0.445 e. The van der Waals surface area contributed by atoms with Crippen molar-refractivity contribution in [1.82, 2.24) is 9.29 Å². The minimum atomic E-state index is -4.12. The zero-order chi connectivity index (χ0) is 25.3. The van der Waals surface area contributed by atoms with Gasteiger partial charge in [-0.2, -0.15) is 4.31 Å². The van der Waals surface area contributed by atoms with Crippen molar-refractivity contribution in [3.63, 3.8) is 0 Å². The third kappa shape index (κ3) is 4.37. The first kappa shape index (κ1) is 24.8. The fourth-order valence-corrected chi connectivity index (χ4v) is 6.70. The molecule has 2 aliphatic carbocycles. The Balaban J connectivity index is 1.60. The van der Waals surface area contributed by atoms with Gasteiger partial charge in [-0.25, -0.2) is 18.2 Å². The summed E-state index contributed by atoms with van der Waals surface area (Å²) in [4.78, 5) is 17.7. The van der Waals surface area contributed by atoms with Gasteiger partial charge in [-0.05, 0) is 77.5 Å². The molecule has 0 saturated heterocycles. The first-order valence-corrected chi connectivity index (χ1v) is 13.3. The van der Waals surface area contributed by atoms with Gasteiger partial charge in [0.2, 0.25) is 0 Å². The van der Waals surface area contributed by atoms with E-state index in [1.165, 1.54) is 0 Å². The maximum absolute atomic E-state index is 13.5. The fraction of sp³-hybridized carbons (Fsp3) is 0.615. The quantitative estimate of drug-likeness (QED) is 0.541. The van der Waals surface area contributed by atoms with Crippen molar-refractivity contribution in [1.29, 1.82) is 0 Å². The summed E-state index contributed by atoms with van der Waals surface area (Å²) in [6.45, 7) is 14.5. The number of oxazole rings is 1. The molecular weight excluding hydrogens is 452 g/mol. The average Bonchev–Trinajstić information content (AvgIpc) is 2.97. The van der Waals surface area contributed by atoms with Crippen molar-refractivity contribution in [2.75, 3.05) is 0 Å². The number of carbonyl (C=O) groups excluding carboxylic acids is 1. The van der Waals surface area contributed by atoms with Crippen LogP contribution in [-0.4, -0.2) is 34.9 Å². The lowest BCUT2D eigenvalue weighted by molar-refractivity contribution is 0.0282. The minimum absolute atomic E-state index is 0.0348. The molecular formula is C26H36N2O5S. The third-order valence-corrected chi connectivity index (χ3v) is 8.70.